The molecule has 0 saturated carbocycles. The van der Waals surface area contributed by atoms with Crippen molar-refractivity contribution >= 4 is 34.2 Å². The highest BCUT2D eigenvalue weighted by molar-refractivity contribution is 7.17. The van der Waals surface area contributed by atoms with Crippen LogP contribution in [0.25, 0.3) is 0 Å². The summed E-state index contributed by atoms with van der Waals surface area (Å²) in [5.74, 6) is -0.172. The van der Waals surface area contributed by atoms with Crippen LogP contribution in [0.1, 0.15) is 65.3 Å². The zero-order valence-corrected chi connectivity index (χ0v) is 19.7. The SMILES string of the molecule is CCOC(=O)c1c(NC(=O)c2ccc(OC(C)C(=O)OCC)cc2)sc2c1CCC(C)C2. The number of benzene rings is 1. The lowest BCUT2D eigenvalue weighted by Crippen LogP contribution is -2.26. The smallest absolute Gasteiger partial charge is 0.347 e. The molecule has 1 N–H and O–H groups in total. The molecule has 0 saturated heterocycles. The number of thiophene rings is 1. The monoisotopic (exact) mass is 459 g/mol. The molecule has 7 nitrogen and oxygen atoms in total. The first-order valence-corrected chi connectivity index (χ1v) is 11.7. The van der Waals surface area contributed by atoms with Gasteiger partial charge in [0.2, 0.25) is 0 Å². The molecule has 2 aromatic rings. The van der Waals surface area contributed by atoms with Crippen LogP contribution in [-0.2, 0) is 27.1 Å². The Kier molecular flexibility index (Phi) is 7.90. The molecule has 1 aromatic carbocycles. The topological polar surface area (TPSA) is 90.9 Å². The van der Waals surface area contributed by atoms with E-state index in [1.165, 1.54) is 11.3 Å². The van der Waals surface area contributed by atoms with Gasteiger partial charge in [0.25, 0.3) is 5.91 Å². The van der Waals surface area contributed by atoms with Gasteiger partial charge in [0.15, 0.2) is 6.10 Å². The van der Waals surface area contributed by atoms with Crippen LogP contribution < -0.4 is 10.1 Å². The second-order valence-electron chi connectivity index (χ2n) is 7.77. The number of rotatable bonds is 8. The predicted octanol–water partition coefficient (Wildman–Crippen LogP) is 4.63. The number of hydrogen-bond donors (Lipinski definition) is 1. The van der Waals surface area contributed by atoms with Gasteiger partial charge in [-0.25, -0.2) is 9.59 Å². The Hall–Kier alpha value is -2.87. The molecule has 0 radical (unpaired) electrons. The van der Waals surface area contributed by atoms with E-state index in [1.54, 1.807) is 45.0 Å². The van der Waals surface area contributed by atoms with E-state index in [2.05, 4.69) is 12.2 Å². The van der Waals surface area contributed by atoms with Crippen LogP contribution in [0.15, 0.2) is 24.3 Å². The molecular formula is C24H29NO6S. The van der Waals surface area contributed by atoms with Crippen LogP contribution in [0.2, 0.25) is 0 Å². The van der Waals surface area contributed by atoms with Crippen molar-refractivity contribution in [3.8, 4) is 5.75 Å². The first kappa shape index (κ1) is 23.8. The summed E-state index contributed by atoms with van der Waals surface area (Å²) in [6.07, 6.45) is 1.96. The van der Waals surface area contributed by atoms with Gasteiger partial charge in [0, 0.05) is 10.4 Å². The molecule has 2 unspecified atom stereocenters. The molecule has 1 aliphatic rings. The van der Waals surface area contributed by atoms with Gasteiger partial charge in [-0.2, -0.15) is 0 Å². The largest absolute Gasteiger partial charge is 0.479 e. The normalized spacial score (nSPS) is 15.9. The van der Waals surface area contributed by atoms with Crippen LogP contribution in [0.3, 0.4) is 0 Å². The fraction of sp³-hybridized carbons (Fsp3) is 0.458. The first-order chi connectivity index (χ1) is 15.3. The molecule has 1 heterocycles. The number of anilines is 1. The Morgan fingerprint density at radius 1 is 1.12 bits per heavy atom. The van der Waals surface area contributed by atoms with Crippen LogP contribution >= 0.6 is 11.3 Å². The van der Waals surface area contributed by atoms with Gasteiger partial charge < -0.3 is 19.5 Å². The van der Waals surface area contributed by atoms with Crippen LogP contribution in [0.4, 0.5) is 5.00 Å². The van der Waals surface area contributed by atoms with E-state index in [0.717, 1.165) is 29.7 Å². The highest BCUT2D eigenvalue weighted by Gasteiger charge is 2.29. The number of ether oxygens (including phenoxy) is 3. The van der Waals surface area contributed by atoms with Crippen molar-refractivity contribution in [3.63, 3.8) is 0 Å². The van der Waals surface area contributed by atoms with E-state index in [1.807, 2.05) is 0 Å². The molecule has 32 heavy (non-hydrogen) atoms. The minimum Gasteiger partial charge on any atom is -0.479 e. The number of amides is 1. The number of carbonyl (C=O) groups is 3. The lowest BCUT2D eigenvalue weighted by atomic mass is 9.88. The van der Waals surface area contributed by atoms with Gasteiger partial charge in [0.05, 0.1) is 18.8 Å². The molecule has 1 aliphatic carbocycles. The Balaban J connectivity index is 1.75. The Morgan fingerprint density at radius 2 is 1.81 bits per heavy atom. The van der Waals surface area contributed by atoms with Gasteiger partial charge in [-0.1, -0.05) is 6.92 Å². The number of fused-ring (bicyclic) bond motifs is 1. The van der Waals surface area contributed by atoms with E-state index in [4.69, 9.17) is 14.2 Å². The highest BCUT2D eigenvalue weighted by Crippen LogP contribution is 2.40. The second-order valence-corrected chi connectivity index (χ2v) is 8.87. The van der Waals surface area contributed by atoms with Crippen molar-refractivity contribution in [1.82, 2.24) is 0 Å². The number of esters is 2. The zero-order chi connectivity index (χ0) is 23.3. The standard InChI is InChI=1S/C24H29NO6S/c1-5-29-23(27)15(4)31-17-10-8-16(9-11-17)21(26)25-22-20(24(28)30-6-2)18-12-7-14(3)13-19(18)32-22/h8-11,14-15H,5-7,12-13H2,1-4H3,(H,25,26). The minimum absolute atomic E-state index is 0.277. The molecule has 0 spiro atoms. The maximum Gasteiger partial charge on any atom is 0.347 e. The zero-order valence-electron chi connectivity index (χ0n) is 18.9. The average Bonchev–Trinajstić information content (AvgIpc) is 3.11. The summed E-state index contributed by atoms with van der Waals surface area (Å²) in [5, 5.41) is 3.43. The number of nitrogens with one attached hydrogen (secondary N) is 1. The predicted molar refractivity (Wildman–Crippen MR) is 123 cm³/mol. The molecule has 8 heteroatoms. The number of hydrogen-bond acceptors (Lipinski definition) is 7. The molecule has 0 bridgehead atoms. The summed E-state index contributed by atoms with van der Waals surface area (Å²) in [6, 6.07) is 6.47. The highest BCUT2D eigenvalue weighted by atomic mass is 32.1. The molecule has 1 aromatic heterocycles. The Morgan fingerprint density at radius 3 is 2.47 bits per heavy atom. The lowest BCUT2D eigenvalue weighted by Gasteiger charge is -2.18. The fourth-order valence-corrected chi connectivity index (χ4v) is 5.02. The van der Waals surface area contributed by atoms with E-state index in [9.17, 15) is 14.4 Å². The Bertz CT molecular complexity index is 981. The molecule has 1 amide bonds. The minimum atomic E-state index is -0.749. The van der Waals surface area contributed by atoms with Crippen LogP contribution in [0, 0.1) is 5.92 Å². The summed E-state index contributed by atoms with van der Waals surface area (Å²) < 4.78 is 15.7. The number of carbonyl (C=O) groups excluding carboxylic acids is 3. The summed E-state index contributed by atoms with van der Waals surface area (Å²) >= 11 is 1.45. The maximum atomic E-state index is 12.9. The summed E-state index contributed by atoms with van der Waals surface area (Å²) in [6.45, 7) is 7.86. The average molecular weight is 460 g/mol. The Labute approximate surface area is 192 Å². The quantitative estimate of drug-likeness (QED) is 0.579. The van der Waals surface area contributed by atoms with Gasteiger partial charge in [0.1, 0.15) is 10.8 Å². The fourth-order valence-electron chi connectivity index (χ4n) is 3.63. The van der Waals surface area contributed by atoms with E-state index >= 15 is 0 Å². The maximum absolute atomic E-state index is 12.9. The van der Waals surface area contributed by atoms with Gasteiger partial charge in [-0.3, -0.25) is 4.79 Å². The summed E-state index contributed by atoms with van der Waals surface area (Å²) in [4.78, 5) is 38.4. The van der Waals surface area contributed by atoms with Crippen molar-refractivity contribution in [2.24, 2.45) is 5.92 Å². The summed E-state index contributed by atoms with van der Waals surface area (Å²) in [7, 11) is 0. The van der Waals surface area contributed by atoms with Crippen LogP contribution in [0.5, 0.6) is 5.75 Å². The molecule has 3 rings (SSSR count). The molecule has 0 aliphatic heterocycles. The van der Waals surface area contributed by atoms with Crippen molar-refractivity contribution in [1.29, 1.82) is 0 Å². The third-order valence-corrected chi connectivity index (χ3v) is 6.44. The third kappa shape index (κ3) is 5.48. The van der Waals surface area contributed by atoms with E-state index in [-0.39, 0.29) is 19.1 Å². The van der Waals surface area contributed by atoms with Crippen molar-refractivity contribution in [2.75, 3.05) is 18.5 Å². The molecular weight excluding hydrogens is 430 g/mol. The van der Waals surface area contributed by atoms with E-state index in [0.29, 0.717) is 27.8 Å². The molecule has 172 valence electrons. The first-order valence-electron chi connectivity index (χ1n) is 10.9. The van der Waals surface area contributed by atoms with E-state index < -0.39 is 18.0 Å². The lowest BCUT2D eigenvalue weighted by molar-refractivity contribution is -0.150. The van der Waals surface area contributed by atoms with Crippen molar-refractivity contribution in [2.45, 2.75) is 53.1 Å². The third-order valence-electron chi connectivity index (χ3n) is 5.27. The van der Waals surface area contributed by atoms with Gasteiger partial charge in [-0.15, -0.1) is 11.3 Å². The van der Waals surface area contributed by atoms with Crippen molar-refractivity contribution < 1.29 is 28.6 Å². The second kappa shape index (κ2) is 10.6. The van der Waals surface area contributed by atoms with Crippen LogP contribution in [-0.4, -0.2) is 37.2 Å². The van der Waals surface area contributed by atoms with Gasteiger partial charge in [-0.05, 0) is 75.8 Å². The molecule has 2 atom stereocenters. The molecule has 0 fully saturated rings. The summed E-state index contributed by atoms with van der Waals surface area (Å²) in [5.41, 5.74) is 1.89. The van der Waals surface area contributed by atoms with Crippen molar-refractivity contribution in [3.05, 3.63) is 45.8 Å². The van der Waals surface area contributed by atoms with Gasteiger partial charge >= 0.3 is 11.9 Å².